The van der Waals surface area contributed by atoms with Crippen LogP contribution in [0.5, 0.6) is 0 Å². The largest absolute Gasteiger partial charge is 0.480 e. The number of hydrazine groups is 1. The van der Waals surface area contributed by atoms with E-state index in [1.54, 1.807) is 27.7 Å². The van der Waals surface area contributed by atoms with Crippen molar-refractivity contribution in [1.82, 2.24) is 15.9 Å². The molecule has 0 bridgehead atoms. The van der Waals surface area contributed by atoms with E-state index >= 15 is 0 Å². The first-order valence-corrected chi connectivity index (χ1v) is 10.4. The number of aromatic carboxylic acids is 1. The molecule has 0 aliphatic heterocycles. The number of hydrogen-bond acceptors (Lipinski definition) is 6. The molecular formula is C22H31N3O8. The Bertz CT molecular complexity index is 897. The fourth-order valence-corrected chi connectivity index (χ4v) is 3.31. The molecular weight excluding hydrogens is 434 g/mol. The molecule has 1 aromatic carbocycles. The van der Waals surface area contributed by atoms with Crippen molar-refractivity contribution in [1.29, 1.82) is 0 Å². The summed E-state index contributed by atoms with van der Waals surface area (Å²) in [5.41, 5.74) is -0.0312. The van der Waals surface area contributed by atoms with E-state index in [0.717, 1.165) is 0 Å². The highest BCUT2D eigenvalue weighted by Crippen LogP contribution is 2.29. The summed E-state index contributed by atoms with van der Waals surface area (Å²) in [6.07, 6.45) is 0.102. The number of hydroxylamine groups is 1. The smallest absolute Gasteiger partial charge is 0.335 e. The molecule has 0 aliphatic rings. The Labute approximate surface area is 191 Å². The second-order valence-electron chi connectivity index (χ2n) is 8.86. The summed E-state index contributed by atoms with van der Waals surface area (Å²) in [5, 5.41) is 30.8. The summed E-state index contributed by atoms with van der Waals surface area (Å²) in [5.74, 6) is -5.64. The third-order valence-corrected chi connectivity index (χ3v) is 4.89. The highest BCUT2D eigenvalue weighted by Gasteiger charge is 2.46. The van der Waals surface area contributed by atoms with E-state index in [2.05, 4.69) is 5.32 Å². The Kier molecular flexibility index (Phi) is 9.53. The summed E-state index contributed by atoms with van der Waals surface area (Å²) < 4.78 is 0. The van der Waals surface area contributed by atoms with Crippen molar-refractivity contribution < 1.29 is 39.4 Å². The Morgan fingerprint density at radius 2 is 1.45 bits per heavy atom. The maximum absolute atomic E-state index is 13.0. The fraction of sp³-hybridized carbons (Fsp3) is 0.500. The zero-order valence-electron chi connectivity index (χ0n) is 19.3. The lowest BCUT2D eigenvalue weighted by atomic mass is 9.79. The number of benzene rings is 1. The first-order chi connectivity index (χ1) is 15.2. The average molecular weight is 466 g/mol. The van der Waals surface area contributed by atoms with Crippen LogP contribution in [0.3, 0.4) is 0 Å². The van der Waals surface area contributed by atoms with Gasteiger partial charge < -0.3 is 15.5 Å². The lowest BCUT2D eigenvalue weighted by Crippen LogP contribution is -2.57. The van der Waals surface area contributed by atoms with Crippen LogP contribution in [-0.2, 0) is 14.4 Å². The SMILES string of the molecule is CC(C)C[C@H](NC(=O)C(C)(CC(C)C)C(=O)N(O)NC(=O)c1ccc(C(=O)O)cc1)C(=O)O. The molecule has 0 heterocycles. The van der Waals surface area contributed by atoms with Crippen LogP contribution in [0.1, 0.15) is 68.2 Å². The number of carboxylic acid groups (broad SMARTS) is 2. The van der Waals surface area contributed by atoms with Gasteiger partial charge in [0.15, 0.2) is 0 Å². The van der Waals surface area contributed by atoms with Gasteiger partial charge in [0.1, 0.15) is 11.5 Å². The third kappa shape index (κ3) is 7.56. The first-order valence-electron chi connectivity index (χ1n) is 10.4. The molecule has 5 N–H and O–H groups in total. The van der Waals surface area contributed by atoms with E-state index < -0.39 is 41.1 Å². The zero-order valence-corrected chi connectivity index (χ0v) is 19.3. The standard InChI is InChI=1S/C22H31N3O8/c1-12(2)10-16(19(29)30)23-20(31)22(5,11-13(3)4)21(32)25(33)24-17(26)14-6-8-15(9-7-14)18(27)28/h6-9,12-13,16,33H,10-11H2,1-5H3,(H,23,31)(H,24,26)(H,27,28)(H,29,30)/t16-,22?/m0/s1. The molecule has 0 aliphatic carbocycles. The minimum atomic E-state index is -1.88. The molecule has 2 atom stereocenters. The van der Waals surface area contributed by atoms with Crippen LogP contribution >= 0.6 is 0 Å². The molecule has 1 rings (SSSR count). The summed E-state index contributed by atoms with van der Waals surface area (Å²) in [7, 11) is 0. The van der Waals surface area contributed by atoms with Crippen LogP contribution in [0.2, 0.25) is 0 Å². The van der Waals surface area contributed by atoms with Crippen molar-refractivity contribution in [2.45, 2.75) is 53.5 Å². The maximum atomic E-state index is 13.0. The molecule has 0 saturated heterocycles. The Balaban J connectivity index is 3.07. The highest BCUT2D eigenvalue weighted by molar-refractivity contribution is 6.06. The van der Waals surface area contributed by atoms with Gasteiger partial charge in [-0.05, 0) is 55.9 Å². The van der Waals surface area contributed by atoms with Gasteiger partial charge in [-0.25, -0.2) is 15.0 Å². The van der Waals surface area contributed by atoms with Gasteiger partial charge in [-0.2, -0.15) is 0 Å². The molecule has 0 fully saturated rings. The fourth-order valence-electron chi connectivity index (χ4n) is 3.31. The van der Waals surface area contributed by atoms with Crippen LogP contribution in [-0.4, -0.2) is 56.3 Å². The van der Waals surface area contributed by atoms with Crippen molar-refractivity contribution in [3.63, 3.8) is 0 Å². The van der Waals surface area contributed by atoms with Crippen molar-refractivity contribution in [3.8, 4) is 0 Å². The van der Waals surface area contributed by atoms with Crippen molar-refractivity contribution in [2.24, 2.45) is 17.3 Å². The quantitative estimate of drug-likeness (QED) is 0.198. The molecule has 0 saturated carbocycles. The number of nitrogens with zero attached hydrogens (tertiary/aromatic N) is 1. The van der Waals surface area contributed by atoms with Crippen molar-refractivity contribution in [2.75, 3.05) is 0 Å². The number of carbonyl (C=O) groups excluding carboxylic acids is 3. The molecule has 11 nitrogen and oxygen atoms in total. The molecule has 0 spiro atoms. The van der Waals surface area contributed by atoms with Gasteiger partial charge in [0.25, 0.3) is 11.8 Å². The van der Waals surface area contributed by atoms with E-state index in [-0.39, 0.29) is 41.0 Å². The van der Waals surface area contributed by atoms with Crippen LogP contribution in [0.25, 0.3) is 0 Å². The molecule has 1 aromatic rings. The lowest BCUT2D eigenvalue weighted by molar-refractivity contribution is -0.189. The summed E-state index contributed by atoms with van der Waals surface area (Å²) >= 11 is 0. The number of nitrogens with one attached hydrogen (secondary N) is 2. The zero-order chi connectivity index (χ0) is 25.5. The predicted octanol–water partition coefficient (Wildman–Crippen LogP) is 1.92. The Hall–Kier alpha value is -3.47. The highest BCUT2D eigenvalue weighted by atomic mass is 16.6. The molecule has 182 valence electrons. The van der Waals surface area contributed by atoms with Crippen molar-refractivity contribution in [3.05, 3.63) is 35.4 Å². The average Bonchev–Trinajstić information content (AvgIpc) is 2.71. The summed E-state index contributed by atoms with van der Waals surface area (Å²) in [6, 6.07) is 3.52. The van der Waals surface area contributed by atoms with Crippen LogP contribution in [0.15, 0.2) is 24.3 Å². The molecule has 33 heavy (non-hydrogen) atoms. The van der Waals surface area contributed by atoms with E-state index in [9.17, 15) is 34.3 Å². The van der Waals surface area contributed by atoms with E-state index in [0.29, 0.717) is 0 Å². The number of hydrogen-bond donors (Lipinski definition) is 5. The third-order valence-electron chi connectivity index (χ3n) is 4.89. The monoisotopic (exact) mass is 465 g/mol. The first kappa shape index (κ1) is 27.6. The molecule has 0 radical (unpaired) electrons. The summed E-state index contributed by atoms with van der Waals surface area (Å²) in [4.78, 5) is 60.8. The van der Waals surface area contributed by atoms with Crippen LogP contribution in [0, 0.1) is 17.3 Å². The number of carbonyl (C=O) groups is 5. The minimum absolute atomic E-state index is 0.0358. The normalized spacial score (nSPS) is 13.7. The van der Waals surface area contributed by atoms with E-state index in [1.807, 2.05) is 5.43 Å². The Morgan fingerprint density at radius 1 is 0.939 bits per heavy atom. The molecule has 11 heteroatoms. The Morgan fingerprint density at radius 3 is 1.88 bits per heavy atom. The molecule has 1 unspecified atom stereocenters. The topological polar surface area (TPSA) is 173 Å². The maximum Gasteiger partial charge on any atom is 0.335 e. The number of amides is 3. The summed E-state index contributed by atoms with van der Waals surface area (Å²) in [6.45, 7) is 8.32. The second kappa shape index (κ2) is 11.4. The van der Waals surface area contributed by atoms with Gasteiger partial charge in [0, 0.05) is 5.56 Å². The predicted molar refractivity (Wildman–Crippen MR) is 116 cm³/mol. The van der Waals surface area contributed by atoms with Gasteiger partial charge in [-0.1, -0.05) is 27.7 Å². The van der Waals surface area contributed by atoms with Crippen molar-refractivity contribution >= 4 is 29.7 Å². The number of carboxylic acids is 2. The van der Waals surface area contributed by atoms with Gasteiger partial charge in [-0.3, -0.25) is 19.6 Å². The second-order valence-corrected chi connectivity index (χ2v) is 8.86. The molecule has 0 aromatic heterocycles. The van der Waals surface area contributed by atoms with Gasteiger partial charge >= 0.3 is 11.9 Å². The van der Waals surface area contributed by atoms with Crippen LogP contribution < -0.4 is 10.7 Å². The lowest BCUT2D eigenvalue weighted by Gasteiger charge is -2.32. The number of aliphatic carboxylic acids is 1. The van der Waals surface area contributed by atoms with Gasteiger partial charge in [-0.15, -0.1) is 5.17 Å². The van der Waals surface area contributed by atoms with E-state index in [1.165, 1.54) is 31.2 Å². The minimum Gasteiger partial charge on any atom is -0.480 e. The number of rotatable bonds is 10. The van der Waals surface area contributed by atoms with Crippen LogP contribution in [0.4, 0.5) is 0 Å². The molecule has 3 amide bonds. The van der Waals surface area contributed by atoms with Gasteiger partial charge in [0.2, 0.25) is 5.91 Å². The van der Waals surface area contributed by atoms with E-state index in [4.69, 9.17) is 5.11 Å². The van der Waals surface area contributed by atoms with Gasteiger partial charge in [0.05, 0.1) is 5.56 Å².